The van der Waals surface area contributed by atoms with Gasteiger partial charge in [0.05, 0.1) is 36.8 Å². The second kappa shape index (κ2) is 18.1. The number of rotatable bonds is 12. The molecule has 0 bridgehead atoms. The van der Waals surface area contributed by atoms with E-state index in [-0.39, 0.29) is 18.0 Å². The third-order valence-electron chi connectivity index (χ3n) is 6.91. The number of para-hydroxylation sites is 3. The molecule has 5 aromatic rings. The van der Waals surface area contributed by atoms with Gasteiger partial charge in [-0.25, -0.2) is 22.6 Å². The molecule has 2 aromatic heterocycles. The van der Waals surface area contributed by atoms with Gasteiger partial charge < -0.3 is 19.5 Å². The van der Waals surface area contributed by atoms with Crippen molar-refractivity contribution in [2.24, 2.45) is 7.05 Å². The summed E-state index contributed by atoms with van der Waals surface area (Å²) in [5.74, 6) is -0.851. The van der Waals surface area contributed by atoms with Crippen molar-refractivity contribution in [3.05, 3.63) is 113 Å². The van der Waals surface area contributed by atoms with E-state index in [0.29, 0.717) is 16.6 Å². The first-order chi connectivity index (χ1) is 25.2. The van der Waals surface area contributed by atoms with Crippen LogP contribution in [0.15, 0.2) is 91.3 Å². The number of hydroxylamine groups is 1. The van der Waals surface area contributed by atoms with E-state index in [9.17, 15) is 35.9 Å². The summed E-state index contributed by atoms with van der Waals surface area (Å²) in [6, 6.07) is 21.7. The molecule has 2 heterocycles. The van der Waals surface area contributed by atoms with Crippen LogP contribution >= 0.6 is 11.6 Å². The van der Waals surface area contributed by atoms with Crippen molar-refractivity contribution in [1.82, 2.24) is 19.6 Å². The van der Waals surface area contributed by atoms with Crippen LogP contribution in [0.1, 0.15) is 21.6 Å². The highest BCUT2D eigenvalue weighted by Gasteiger charge is 2.39. The summed E-state index contributed by atoms with van der Waals surface area (Å²) < 4.78 is 94.0. The van der Waals surface area contributed by atoms with Crippen LogP contribution in [-0.2, 0) is 29.4 Å². The molecule has 0 fully saturated rings. The van der Waals surface area contributed by atoms with Crippen LogP contribution in [0.5, 0.6) is 11.6 Å². The highest BCUT2D eigenvalue weighted by Crippen LogP contribution is 2.32. The van der Waals surface area contributed by atoms with Gasteiger partial charge in [-0.2, -0.15) is 23.3 Å². The van der Waals surface area contributed by atoms with Crippen molar-refractivity contribution >= 4 is 35.0 Å². The van der Waals surface area contributed by atoms with Gasteiger partial charge in [-0.15, -0.1) is 5.10 Å². The number of amides is 2. The third-order valence-corrected chi connectivity index (χ3v) is 7.17. The summed E-state index contributed by atoms with van der Waals surface area (Å²) in [5.41, 5.74) is -0.0696. The maximum absolute atomic E-state index is 13.0. The third kappa shape index (κ3) is 10.9. The van der Waals surface area contributed by atoms with E-state index in [1.54, 1.807) is 41.2 Å². The number of anilines is 2. The number of methoxy groups -OCH3 is 1. The average molecular weight is 769 g/mol. The number of carbonyl (C=O) groups excluding carboxylic acids is 2. The molecule has 0 saturated carbocycles. The molecule has 0 spiro atoms. The molecule has 5 rings (SSSR count). The van der Waals surface area contributed by atoms with Gasteiger partial charge in [-0.1, -0.05) is 41.9 Å². The summed E-state index contributed by atoms with van der Waals surface area (Å²) in [6.45, 7) is -0.782. The lowest BCUT2D eigenvalue weighted by molar-refractivity contribution is -0.141. The molecule has 1 N–H and O–H groups in total. The molecule has 1 unspecified atom stereocenters. The number of halogens is 7. The van der Waals surface area contributed by atoms with E-state index in [2.05, 4.69) is 15.5 Å². The van der Waals surface area contributed by atoms with Crippen molar-refractivity contribution in [1.29, 1.82) is 0 Å². The molecular weight excluding hydrogens is 738 g/mol. The lowest BCUT2D eigenvalue weighted by Crippen LogP contribution is -2.30. The van der Waals surface area contributed by atoms with Crippen LogP contribution in [0.25, 0.3) is 5.69 Å². The fourth-order valence-corrected chi connectivity index (χ4v) is 4.58. The van der Waals surface area contributed by atoms with Gasteiger partial charge in [0, 0.05) is 36.1 Å². The van der Waals surface area contributed by atoms with Gasteiger partial charge in [0.2, 0.25) is 5.88 Å². The molecule has 12 nitrogen and oxygen atoms in total. The second-order valence-corrected chi connectivity index (χ2v) is 11.1. The summed E-state index contributed by atoms with van der Waals surface area (Å²) in [4.78, 5) is 29.2. The molecule has 3 aromatic carbocycles. The smallest absolute Gasteiger partial charge is 0.438 e. The number of nitrogens with one attached hydrogen (secondary N) is 1. The predicted octanol–water partition coefficient (Wildman–Crippen LogP) is 7.91. The number of alkyl halides is 6. The van der Waals surface area contributed by atoms with Gasteiger partial charge in [-0.3, -0.25) is 14.3 Å². The first kappa shape index (κ1) is 40.0. The highest BCUT2D eigenvalue weighted by molar-refractivity contribution is 6.30. The Morgan fingerprint density at radius 3 is 2.26 bits per heavy atom. The molecule has 282 valence electrons. The SMILES string of the molecule is COC(=O)N(OC)c1ccccc1COc1ccn(-c2ccc(Cl)cc2)n1.Cn1cc(C(=O)Nc2ccccc2OCC(F)C(F)F)c(C(F)(F)F)n1. The standard InChI is InChI=1S/C19H18ClN3O4.C15H13F6N3O2/c1-25-19(24)23(26-2)17-6-4-3-5-14(17)13-27-18-11-12-22(21-18)16-9-7-15(20)8-10-16;1-24-6-8(12(23-24)15(19,20)21)14(25)22-10-4-2-3-5-11(10)26-7-9(16)13(17)18/h3-12H,13H2,1-2H3;2-6,9,13H,7H2,1H3,(H,22,25). The molecule has 0 aliphatic carbocycles. The minimum absolute atomic E-state index is 0.101. The van der Waals surface area contributed by atoms with Crippen molar-refractivity contribution in [3.63, 3.8) is 0 Å². The molecule has 1 atom stereocenters. The zero-order valence-corrected chi connectivity index (χ0v) is 28.8. The number of aryl methyl sites for hydroxylation is 1. The zero-order chi connectivity index (χ0) is 38.7. The molecule has 53 heavy (non-hydrogen) atoms. The first-order valence-electron chi connectivity index (χ1n) is 15.2. The predicted molar refractivity (Wildman–Crippen MR) is 180 cm³/mol. The molecule has 2 amide bonds. The quantitative estimate of drug-likeness (QED) is 0.100. The minimum atomic E-state index is -4.84. The fourth-order valence-electron chi connectivity index (χ4n) is 4.45. The topological polar surface area (TPSA) is 122 Å². The van der Waals surface area contributed by atoms with Crippen LogP contribution in [-0.4, -0.2) is 65.0 Å². The normalized spacial score (nSPS) is 11.7. The van der Waals surface area contributed by atoms with Crippen LogP contribution in [0.3, 0.4) is 0 Å². The van der Waals surface area contributed by atoms with Gasteiger partial charge >= 0.3 is 12.3 Å². The van der Waals surface area contributed by atoms with Crippen molar-refractivity contribution in [2.45, 2.75) is 25.4 Å². The Morgan fingerprint density at radius 1 is 0.925 bits per heavy atom. The van der Waals surface area contributed by atoms with E-state index in [1.165, 1.54) is 45.5 Å². The molecule has 0 saturated heterocycles. The van der Waals surface area contributed by atoms with Crippen LogP contribution in [0.2, 0.25) is 5.02 Å². The summed E-state index contributed by atoms with van der Waals surface area (Å²) in [5, 5.41) is 11.5. The van der Waals surface area contributed by atoms with Gasteiger partial charge in [0.1, 0.15) is 19.0 Å². The van der Waals surface area contributed by atoms with Crippen molar-refractivity contribution in [2.75, 3.05) is 31.2 Å². The lowest BCUT2D eigenvalue weighted by atomic mass is 10.2. The number of ether oxygens (including phenoxy) is 3. The number of hydrogen-bond acceptors (Lipinski definition) is 8. The van der Waals surface area contributed by atoms with E-state index < -0.39 is 48.6 Å². The van der Waals surface area contributed by atoms with Crippen molar-refractivity contribution in [3.8, 4) is 17.3 Å². The fraction of sp³-hybridized carbons (Fsp3) is 0.235. The highest BCUT2D eigenvalue weighted by atomic mass is 35.5. The molecule has 0 aliphatic heterocycles. The Labute approximate surface area is 303 Å². The molecular formula is C34H31ClF6N6O6. The monoisotopic (exact) mass is 768 g/mol. The Balaban J connectivity index is 0.000000237. The number of benzene rings is 3. The summed E-state index contributed by atoms with van der Waals surface area (Å²) in [7, 11) is 3.90. The number of aromatic nitrogens is 4. The number of nitrogens with zero attached hydrogens (tertiary/aromatic N) is 5. The van der Waals surface area contributed by atoms with Crippen molar-refractivity contribution < 1.29 is 55.0 Å². The van der Waals surface area contributed by atoms with E-state index >= 15 is 0 Å². The Bertz CT molecular complexity index is 1970. The minimum Gasteiger partial charge on any atom is -0.488 e. The lowest BCUT2D eigenvalue weighted by Gasteiger charge is -2.20. The van der Waals surface area contributed by atoms with E-state index in [4.69, 9.17) is 30.6 Å². The molecule has 0 radical (unpaired) electrons. The average Bonchev–Trinajstić information content (AvgIpc) is 3.78. The Kier molecular flexibility index (Phi) is 13.7. The number of carbonyl (C=O) groups is 2. The molecule has 0 aliphatic rings. The molecule has 19 heteroatoms. The van der Waals surface area contributed by atoms with Crippen LogP contribution in [0, 0.1) is 0 Å². The van der Waals surface area contributed by atoms with Gasteiger partial charge in [0.25, 0.3) is 12.3 Å². The van der Waals surface area contributed by atoms with Gasteiger partial charge in [-0.05, 0) is 42.5 Å². The Hall–Kier alpha value is -5.75. The maximum Gasteiger partial charge on any atom is 0.438 e. The number of hydrogen-bond donors (Lipinski definition) is 1. The maximum atomic E-state index is 13.0. The van der Waals surface area contributed by atoms with Crippen LogP contribution in [0.4, 0.5) is 42.5 Å². The first-order valence-corrected chi connectivity index (χ1v) is 15.6. The van der Waals surface area contributed by atoms with E-state index in [0.717, 1.165) is 27.2 Å². The second-order valence-electron chi connectivity index (χ2n) is 10.6. The summed E-state index contributed by atoms with van der Waals surface area (Å²) >= 11 is 5.91. The summed E-state index contributed by atoms with van der Waals surface area (Å²) in [6.07, 6.45) is -8.59. The van der Waals surface area contributed by atoms with Gasteiger partial charge in [0.15, 0.2) is 11.9 Å². The van der Waals surface area contributed by atoms with E-state index in [1.807, 2.05) is 24.3 Å². The Morgan fingerprint density at radius 2 is 1.60 bits per heavy atom. The largest absolute Gasteiger partial charge is 0.488 e. The van der Waals surface area contributed by atoms with Crippen LogP contribution < -0.4 is 19.9 Å². The zero-order valence-electron chi connectivity index (χ0n) is 28.1.